The lowest BCUT2D eigenvalue weighted by atomic mass is 11.3. The van der Waals surface area contributed by atoms with E-state index in [9.17, 15) is 0 Å². The van der Waals surface area contributed by atoms with Crippen LogP contribution < -0.4 is 0 Å². The highest BCUT2D eigenvalue weighted by Crippen LogP contribution is 1.91. The molecule has 0 bridgehead atoms. The van der Waals surface area contributed by atoms with Gasteiger partial charge in [0.15, 0.2) is 0 Å². The van der Waals surface area contributed by atoms with Crippen LogP contribution in [0.15, 0.2) is 10.2 Å². The van der Waals surface area contributed by atoms with Crippen molar-refractivity contribution >= 4 is 33.9 Å². The molecule has 0 saturated carbocycles. The molecule has 0 radical (unpaired) electrons. The van der Waals surface area contributed by atoms with Crippen LogP contribution in [0.2, 0.25) is 0 Å². The van der Waals surface area contributed by atoms with Gasteiger partial charge in [0, 0.05) is 0 Å². The summed E-state index contributed by atoms with van der Waals surface area (Å²) < 4.78 is 8.88. The van der Waals surface area contributed by atoms with Gasteiger partial charge in [-0.3, -0.25) is 0 Å². The largest absolute Gasteiger partial charge is 0.471 e. The zero-order valence-electron chi connectivity index (χ0n) is 5.47. The number of halogens is 2. The predicted octanol–water partition coefficient (Wildman–Crippen LogP) is 1.38. The Bertz CT molecular complexity index is 139. The van der Waals surface area contributed by atoms with Gasteiger partial charge in [0.2, 0.25) is 0 Å². The van der Waals surface area contributed by atoms with E-state index < -0.39 is 0 Å². The monoisotopic (exact) mass is 184 g/mol. The summed E-state index contributed by atoms with van der Waals surface area (Å²) in [5.41, 5.74) is 0. The van der Waals surface area contributed by atoms with Crippen molar-refractivity contribution in [2.75, 3.05) is 14.2 Å². The van der Waals surface area contributed by atoms with E-state index in [2.05, 4.69) is 19.7 Å². The third kappa shape index (κ3) is 4.40. The van der Waals surface area contributed by atoms with Gasteiger partial charge < -0.3 is 9.47 Å². The molecule has 0 saturated heterocycles. The normalized spacial score (nSPS) is 13.2. The smallest absolute Gasteiger partial charge is 0.305 e. The second-order valence-corrected chi connectivity index (χ2v) is 1.76. The molecule has 0 heterocycles. The minimum absolute atomic E-state index is 0.102. The molecular weight excluding hydrogens is 179 g/mol. The Kier molecular flexibility index (Phi) is 5.06. The van der Waals surface area contributed by atoms with E-state index in [1.54, 1.807) is 0 Å². The van der Waals surface area contributed by atoms with E-state index >= 15 is 0 Å². The highest BCUT2D eigenvalue weighted by molar-refractivity contribution is 6.64. The van der Waals surface area contributed by atoms with Gasteiger partial charge >= 0.3 is 10.7 Å². The van der Waals surface area contributed by atoms with Crippen molar-refractivity contribution in [3.8, 4) is 0 Å². The summed E-state index contributed by atoms with van der Waals surface area (Å²) in [5, 5.41) is 6.41. The van der Waals surface area contributed by atoms with Gasteiger partial charge in [0.05, 0.1) is 14.2 Å². The molecule has 0 aliphatic carbocycles. The standard InChI is InChI=1S/C4H6Cl2N2O2/c1-9-3(5)7-8-4(6)10-2/h1-2H3/b7-3+,8-4+. The topological polar surface area (TPSA) is 43.2 Å². The average Bonchev–Trinajstić information content (AvgIpc) is 1.99. The first kappa shape index (κ1) is 9.52. The fourth-order valence-corrected chi connectivity index (χ4v) is 0.236. The average molecular weight is 185 g/mol. The maximum atomic E-state index is 5.27. The van der Waals surface area contributed by atoms with Gasteiger partial charge in [-0.05, 0) is 23.2 Å². The maximum absolute atomic E-state index is 5.27. The zero-order valence-corrected chi connectivity index (χ0v) is 6.98. The molecule has 0 unspecified atom stereocenters. The molecule has 0 aromatic carbocycles. The maximum Gasteiger partial charge on any atom is 0.305 e. The van der Waals surface area contributed by atoms with Gasteiger partial charge in [0.1, 0.15) is 0 Å². The quantitative estimate of drug-likeness (QED) is 0.352. The molecule has 10 heavy (non-hydrogen) atoms. The molecule has 4 nitrogen and oxygen atoms in total. The summed E-state index contributed by atoms with van der Waals surface area (Å²) in [6.45, 7) is 0. The summed E-state index contributed by atoms with van der Waals surface area (Å²) in [6.07, 6.45) is 0. The van der Waals surface area contributed by atoms with Crippen molar-refractivity contribution in [3.05, 3.63) is 0 Å². The fourth-order valence-electron chi connectivity index (χ4n) is 0.160. The van der Waals surface area contributed by atoms with Crippen molar-refractivity contribution in [3.63, 3.8) is 0 Å². The summed E-state index contributed by atoms with van der Waals surface area (Å²) >= 11 is 10.5. The van der Waals surface area contributed by atoms with Crippen molar-refractivity contribution in [1.82, 2.24) is 0 Å². The van der Waals surface area contributed by atoms with Crippen LogP contribution in [0.3, 0.4) is 0 Å². The predicted molar refractivity (Wildman–Crippen MR) is 40.6 cm³/mol. The molecule has 0 rings (SSSR count). The minimum atomic E-state index is -0.102. The molecule has 0 N–H and O–H groups in total. The van der Waals surface area contributed by atoms with Crippen LogP contribution in [0.1, 0.15) is 0 Å². The Balaban J connectivity index is 3.91. The number of hydrogen-bond donors (Lipinski definition) is 0. The van der Waals surface area contributed by atoms with Crippen molar-refractivity contribution in [2.45, 2.75) is 0 Å². The van der Waals surface area contributed by atoms with Gasteiger partial charge in [-0.1, -0.05) is 10.2 Å². The molecule has 0 aromatic heterocycles. The Morgan fingerprint density at radius 3 is 1.50 bits per heavy atom. The van der Waals surface area contributed by atoms with Crippen LogP contribution >= 0.6 is 23.2 Å². The van der Waals surface area contributed by atoms with Crippen LogP contribution in [0, 0.1) is 0 Å². The van der Waals surface area contributed by atoms with E-state index in [1.165, 1.54) is 14.2 Å². The van der Waals surface area contributed by atoms with Crippen LogP contribution in [-0.4, -0.2) is 24.9 Å². The molecule has 58 valence electrons. The first-order valence-corrected chi connectivity index (χ1v) is 3.01. The van der Waals surface area contributed by atoms with Crippen LogP contribution in [0.25, 0.3) is 0 Å². The number of ether oxygens (including phenoxy) is 2. The van der Waals surface area contributed by atoms with E-state index in [-0.39, 0.29) is 10.7 Å². The first-order valence-electron chi connectivity index (χ1n) is 2.25. The molecular formula is C4H6Cl2N2O2. The SMILES string of the molecule is CO/C(Cl)=N/N=C(\Cl)OC. The minimum Gasteiger partial charge on any atom is -0.471 e. The second kappa shape index (κ2) is 5.32. The molecule has 0 spiro atoms. The highest BCUT2D eigenvalue weighted by atomic mass is 35.5. The third-order valence-electron chi connectivity index (χ3n) is 0.544. The van der Waals surface area contributed by atoms with E-state index in [1.807, 2.05) is 0 Å². The Labute approximate surface area is 68.4 Å². The Morgan fingerprint density at radius 2 is 1.30 bits per heavy atom. The molecule has 0 atom stereocenters. The van der Waals surface area contributed by atoms with E-state index in [0.29, 0.717) is 0 Å². The Morgan fingerprint density at radius 1 is 1.00 bits per heavy atom. The lowest BCUT2D eigenvalue weighted by Crippen LogP contribution is -1.91. The van der Waals surface area contributed by atoms with Crippen LogP contribution in [0.4, 0.5) is 0 Å². The molecule has 0 amide bonds. The number of methoxy groups -OCH3 is 2. The first-order chi connectivity index (χ1) is 4.70. The summed E-state index contributed by atoms with van der Waals surface area (Å²) in [7, 11) is 2.73. The summed E-state index contributed by atoms with van der Waals surface area (Å²) in [6, 6.07) is 0. The van der Waals surface area contributed by atoms with Crippen molar-refractivity contribution in [2.24, 2.45) is 10.2 Å². The zero-order chi connectivity index (χ0) is 7.98. The van der Waals surface area contributed by atoms with E-state index in [4.69, 9.17) is 23.2 Å². The van der Waals surface area contributed by atoms with E-state index in [0.717, 1.165) is 0 Å². The summed E-state index contributed by atoms with van der Waals surface area (Å²) in [4.78, 5) is 0. The lowest BCUT2D eigenvalue weighted by Gasteiger charge is -1.91. The number of hydrogen-bond acceptors (Lipinski definition) is 4. The Hall–Kier alpha value is -0.480. The molecule has 0 aromatic rings. The van der Waals surface area contributed by atoms with Crippen LogP contribution in [0.5, 0.6) is 0 Å². The van der Waals surface area contributed by atoms with Gasteiger partial charge in [-0.2, -0.15) is 0 Å². The number of rotatable bonds is 1. The fraction of sp³-hybridized carbons (Fsp3) is 0.500. The van der Waals surface area contributed by atoms with Gasteiger partial charge in [-0.15, -0.1) is 0 Å². The van der Waals surface area contributed by atoms with Crippen molar-refractivity contribution in [1.29, 1.82) is 0 Å². The van der Waals surface area contributed by atoms with Crippen molar-refractivity contribution < 1.29 is 9.47 Å². The van der Waals surface area contributed by atoms with Gasteiger partial charge in [0.25, 0.3) is 0 Å². The summed E-state index contributed by atoms with van der Waals surface area (Å²) in [5.74, 6) is 0. The third-order valence-corrected chi connectivity index (χ3v) is 1.00. The molecule has 6 heteroatoms. The molecule has 0 fully saturated rings. The highest BCUT2D eigenvalue weighted by Gasteiger charge is 1.90. The van der Waals surface area contributed by atoms with Crippen LogP contribution in [-0.2, 0) is 9.47 Å². The number of nitrogens with zero attached hydrogens (tertiary/aromatic N) is 2. The van der Waals surface area contributed by atoms with Gasteiger partial charge in [-0.25, -0.2) is 0 Å². The molecule has 0 aliphatic rings. The second-order valence-electron chi connectivity index (χ2n) is 1.11. The molecule has 0 aliphatic heterocycles. The lowest BCUT2D eigenvalue weighted by molar-refractivity contribution is 0.405.